The quantitative estimate of drug-likeness (QED) is 0.0430. The number of imidazole rings is 3. The average molecular weight is 1330 g/mol. The number of nitrogens with one attached hydrogen (secondary N) is 3. The first-order chi connectivity index (χ1) is 45.1. The Morgan fingerprint density at radius 2 is 0.781 bits per heavy atom. The number of halogens is 2. The molecule has 96 heavy (non-hydrogen) atoms. The highest BCUT2D eigenvalue weighted by molar-refractivity contribution is 6.30. The van der Waals surface area contributed by atoms with Crippen LogP contribution >= 0.6 is 23.2 Å². The Morgan fingerprint density at radius 1 is 0.458 bits per heavy atom. The molecule has 29 heteroatoms. The largest absolute Gasteiger partial charge is 0.392 e. The van der Waals surface area contributed by atoms with Crippen LogP contribution in [0, 0.1) is 19.7 Å². The highest BCUT2D eigenvalue weighted by Crippen LogP contribution is 2.39. The number of nitrogens with zero attached hydrogens (tertiary/aromatic N) is 18. The van der Waals surface area contributed by atoms with Gasteiger partial charge in [0.1, 0.15) is 53.9 Å². The third-order valence-electron chi connectivity index (χ3n) is 15.3. The van der Waals surface area contributed by atoms with Crippen molar-refractivity contribution in [3.8, 4) is 33.8 Å². The van der Waals surface area contributed by atoms with Crippen molar-refractivity contribution in [1.29, 1.82) is 0 Å². The Balaban J connectivity index is 0.000000168. The molecule has 0 saturated carbocycles. The van der Waals surface area contributed by atoms with Crippen molar-refractivity contribution < 1.29 is 15.3 Å². The molecule has 0 fully saturated rings. The maximum atomic E-state index is 10.5. The minimum atomic E-state index is -1.01. The number of hydrogen-bond acceptors (Lipinski definition) is 21. The lowest BCUT2D eigenvalue weighted by molar-refractivity contribution is 0.0781. The number of nitrogen functional groups attached to an aromatic ring is 3. The second-order valence-electron chi connectivity index (χ2n) is 23.5. The van der Waals surface area contributed by atoms with E-state index < -0.39 is 16.8 Å². The predicted octanol–water partition coefficient (Wildman–Crippen LogP) is 13.1. The van der Waals surface area contributed by atoms with Gasteiger partial charge in [0, 0.05) is 45.8 Å². The first-order valence-corrected chi connectivity index (χ1v) is 30.1. The van der Waals surface area contributed by atoms with E-state index in [1.165, 1.54) is 31.4 Å². The van der Waals surface area contributed by atoms with Gasteiger partial charge >= 0.3 is 0 Å². The summed E-state index contributed by atoms with van der Waals surface area (Å²) in [5.41, 5.74) is 26.0. The molecule has 0 aliphatic carbocycles. The topological polar surface area (TPSA) is 356 Å². The lowest BCUT2D eigenvalue weighted by Gasteiger charge is -2.21. The van der Waals surface area contributed by atoms with E-state index in [9.17, 15) is 15.3 Å². The Morgan fingerprint density at radius 3 is 1.10 bits per heavy atom. The molecule has 27 nitrogen and oxygen atoms in total. The van der Waals surface area contributed by atoms with Crippen LogP contribution in [0.2, 0.25) is 10.3 Å². The summed E-state index contributed by atoms with van der Waals surface area (Å²) < 4.78 is 4.81. The fourth-order valence-electron chi connectivity index (χ4n) is 10.1. The number of anilines is 6. The van der Waals surface area contributed by atoms with Crippen molar-refractivity contribution in [3.63, 3.8) is 0 Å². The van der Waals surface area contributed by atoms with Gasteiger partial charge in [-0.3, -0.25) is 0 Å². The van der Waals surface area contributed by atoms with Crippen LogP contribution in [0.1, 0.15) is 121 Å². The molecule has 12 N–H and O–H groups in total. The molecule has 0 saturated heterocycles. The lowest BCUT2D eigenvalue weighted by Crippen LogP contribution is -2.16. The number of rotatable bonds is 15. The Hall–Kier alpha value is -11.5. The van der Waals surface area contributed by atoms with E-state index in [2.05, 4.69) is 75.3 Å². The molecule has 0 aliphatic rings. The third kappa shape index (κ3) is 14.8. The van der Waals surface area contributed by atoms with Crippen molar-refractivity contribution in [3.05, 3.63) is 213 Å². The normalized spacial score (nSPS) is 12.4. The molecule has 12 rings (SSSR count). The van der Waals surface area contributed by atoms with Gasteiger partial charge in [0.05, 0.1) is 84.1 Å². The Bertz CT molecular complexity index is 4780. The van der Waals surface area contributed by atoms with Crippen LogP contribution in [0.15, 0.2) is 135 Å². The van der Waals surface area contributed by atoms with Gasteiger partial charge in [-0.1, -0.05) is 85.2 Å². The lowest BCUT2D eigenvalue weighted by atomic mass is 9.94. The van der Waals surface area contributed by atoms with Crippen LogP contribution in [0.3, 0.4) is 0 Å². The summed E-state index contributed by atoms with van der Waals surface area (Å²) in [6.45, 7) is 38.4. The van der Waals surface area contributed by atoms with Gasteiger partial charge in [-0.15, -0.1) is 0 Å². The smallest absolute Gasteiger partial charge is 0.268 e. The molecule has 0 amide bonds. The first-order valence-electron chi connectivity index (χ1n) is 29.3. The molecule has 0 radical (unpaired) electrons. The number of fused-ring (bicyclic) bond motifs is 3. The highest BCUT2D eigenvalue weighted by atomic mass is 35.5. The predicted molar refractivity (Wildman–Crippen MR) is 372 cm³/mol. The van der Waals surface area contributed by atoms with E-state index in [4.69, 9.17) is 75.4 Å². The van der Waals surface area contributed by atoms with Crippen LogP contribution < -0.4 is 33.2 Å². The van der Waals surface area contributed by atoms with Gasteiger partial charge < -0.3 is 48.5 Å². The van der Waals surface area contributed by atoms with E-state index >= 15 is 0 Å². The fraction of sp³-hybridized carbons (Fsp3) is 0.239. The van der Waals surface area contributed by atoms with E-state index in [1.54, 1.807) is 67.5 Å². The summed E-state index contributed by atoms with van der Waals surface area (Å²) in [6.07, 6.45) is 10.5. The van der Waals surface area contributed by atoms with Gasteiger partial charge in [-0.2, -0.15) is 15.3 Å². The molecular formula is C67H68Cl2N24O3. The van der Waals surface area contributed by atoms with Gasteiger partial charge in [-0.25, -0.2) is 72.9 Å². The molecule has 12 aromatic rings. The molecular weight excluding hydrogens is 1260 g/mol. The monoisotopic (exact) mass is 1330 g/mol. The summed E-state index contributed by atoms with van der Waals surface area (Å²) in [7, 11) is 0. The van der Waals surface area contributed by atoms with Crippen LogP contribution in [0.5, 0.6) is 0 Å². The molecule has 3 unspecified atom stereocenters. The Labute approximate surface area is 562 Å². The van der Waals surface area contributed by atoms with E-state index in [1.807, 2.05) is 112 Å². The van der Waals surface area contributed by atoms with E-state index in [0.717, 1.165) is 55.8 Å². The number of nitrogens with two attached hydrogens (primary N) is 3. The van der Waals surface area contributed by atoms with Gasteiger partial charge in [0.2, 0.25) is 0 Å². The van der Waals surface area contributed by atoms with Crippen molar-refractivity contribution in [2.24, 2.45) is 0 Å². The van der Waals surface area contributed by atoms with Crippen molar-refractivity contribution >= 4 is 92.1 Å². The Kier molecular flexibility index (Phi) is 20.1. The van der Waals surface area contributed by atoms with E-state index in [0.29, 0.717) is 56.1 Å². The molecule has 3 atom stereocenters. The zero-order valence-corrected chi connectivity index (χ0v) is 54.3. The molecule has 0 bridgehead atoms. The van der Waals surface area contributed by atoms with Crippen LogP contribution in [0.4, 0.5) is 52.0 Å². The van der Waals surface area contributed by atoms with Gasteiger partial charge in [-0.05, 0) is 115 Å². The minimum absolute atomic E-state index is 0. The molecule has 488 valence electrons. The highest BCUT2D eigenvalue weighted by Gasteiger charge is 2.26. The molecule has 3 aromatic carbocycles. The summed E-state index contributed by atoms with van der Waals surface area (Å²) >= 11 is 12.5. The standard InChI is InChI=1S/2C22H21ClN8O.C22H22N8O.CH4/c2*1-12(29-21-19(25-4)20(24)27-11-28-21)15-9-17-26-10-16(23)31(17)30-18(15)13-6-5-7-14(8-13)22(2,3)32;1-13(28-21-19(24-4)20(23)26-12-27-21)16-11-17-25-8-9-30(17)29-18(16)14-6-5-7-15(10-14)22(2,3)31;/h2*5-12,32H,1-3H3,(H3,24,27,28,29);5-13,31H,1-3H3,(H3,23,26,27,28);1H4. The third-order valence-corrected chi connectivity index (χ3v) is 15.8. The summed E-state index contributed by atoms with van der Waals surface area (Å²) in [5.74, 6) is 1.36. The summed E-state index contributed by atoms with van der Waals surface area (Å²) in [6, 6.07) is 27.5. The molecule has 0 spiro atoms. The SMILES string of the molecule is C.[C-]#[N+]c1c(N)ncnc1NC(C)c1cc2ncc(Cl)n2nc1-c1cccc(C(C)(C)O)c1.[C-]#[N+]c1c(N)ncnc1NC(C)c1cc2ncc(Cl)n2nc1-c1cccc(C(C)(C)O)c1.[C-]#[N+]c1c(N)ncnc1NC(C)c1cc2nccn2nc1-c1cccc(C(C)(C)O)c1. The maximum absolute atomic E-state index is 10.5. The fourth-order valence-corrected chi connectivity index (χ4v) is 10.5. The zero-order chi connectivity index (χ0) is 68.3. The zero-order valence-electron chi connectivity index (χ0n) is 52.8. The molecule has 9 aromatic heterocycles. The number of hydrogen-bond donors (Lipinski definition) is 9. The van der Waals surface area contributed by atoms with Crippen molar-refractivity contribution in [2.45, 2.75) is 105 Å². The van der Waals surface area contributed by atoms with Crippen LogP contribution in [-0.4, -0.2) is 89.0 Å². The van der Waals surface area contributed by atoms with Crippen molar-refractivity contribution in [2.75, 3.05) is 33.2 Å². The van der Waals surface area contributed by atoms with Crippen LogP contribution in [0.25, 0.3) is 65.2 Å². The second kappa shape index (κ2) is 28.0. The first kappa shape index (κ1) is 68.8. The molecule has 9 heterocycles. The van der Waals surface area contributed by atoms with Crippen LogP contribution in [-0.2, 0) is 16.8 Å². The molecule has 0 aliphatic heterocycles. The number of benzene rings is 3. The van der Waals surface area contributed by atoms with Gasteiger partial charge in [0.15, 0.2) is 27.2 Å². The van der Waals surface area contributed by atoms with Crippen molar-refractivity contribution in [1.82, 2.24) is 73.7 Å². The average Bonchev–Trinajstić information content (AvgIpc) is 1.76. The summed E-state index contributed by atoms with van der Waals surface area (Å²) in [5, 5.41) is 56.1. The van der Waals surface area contributed by atoms with Gasteiger partial charge in [0.25, 0.3) is 17.1 Å². The summed E-state index contributed by atoms with van der Waals surface area (Å²) in [4.78, 5) is 47.5. The minimum Gasteiger partial charge on any atom is -0.392 e. The number of aliphatic hydroxyl groups is 3. The second-order valence-corrected chi connectivity index (χ2v) is 24.3. The van der Waals surface area contributed by atoms with E-state index in [-0.39, 0.29) is 60.1 Å². The number of aromatic nitrogens is 15. The maximum Gasteiger partial charge on any atom is 0.268 e.